The van der Waals surface area contributed by atoms with Gasteiger partial charge in [-0.1, -0.05) is 30.3 Å². The lowest BCUT2D eigenvalue weighted by Gasteiger charge is -2.06. The van der Waals surface area contributed by atoms with E-state index in [1.807, 2.05) is 51.4 Å². The summed E-state index contributed by atoms with van der Waals surface area (Å²) >= 11 is 0. The Bertz CT molecular complexity index is 369. The molecule has 0 fully saturated rings. The topological polar surface area (TPSA) is 32.7 Å². The van der Waals surface area contributed by atoms with Crippen LogP contribution in [0.3, 0.4) is 0 Å². The molecule has 0 aromatic heterocycles. The fraction of sp³-hybridized carbons (Fsp3) is 0.385. The van der Waals surface area contributed by atoms with Crippen molar-refractivity contribution >= 4 is 11.5 Å². The summed E-state index contributed by atoms with van der Waals surface area (Å²) in [5.41, 5.74) is 1.91. The molecule has 0 atom stereocenters. The number of nitrogens with zero attached hydrogens (tertiary/aromatic N) is 2. The Balaban J connectivity index is 2.49. The van der Waals surface area contributed by atoms with Gasteiger partial charge in [0.15, 0.2) is 0 Å². The average molecular weight is 218 g/mol. The number of benzene rings is 1. The third kappa shape index (κ3) is 4.73. The van der Waals surface area contributed by atoms with Gasteiger partial charge in [-0.25, -0.2) is 0 Å². The van der Waals surface area contributed by atoms with Gasteiger partial charge in [-0.15, -0.1) is 0 Å². The van der Waals surface area contributed by atoms with Gasteiger partial charge in [0.05, 0.1) is 0 Å². The third-order valence-corrected chi connectivity index (χ3v) is 2.07. The third-order valence-electron chi connectivity index (χ3n) is 2.07. The maximum atomic E-state index is 11.7. The zero-order chi connectivity index (χ0) is 12.0. The number of ketones is 1. The first-order valence-electron chi connectivity index (χ1n) is 5.35. The summed E-state index contributed by atoms with van der Waals surface area (Å²) in [6.45, 7) is 1.88. The van der Waals surface area contributed by atoms with Crippen molar-refractivity contribution in [2.45, 2.75) is 19.8 Å². The van der Waals surface area contributed by atoms with Crippen LogP contribution in [0, 0.1) is 0 Å². The van der Waals surface area contributed by atoms with Crippen molar-refractivity contribution in [3.05, 3.63) is 35.9 Å². The summed E-state index contributed by atoms with van der Waals surface area (Å²) in [6.07, 6.45) is 0.911. The van der Waals surface area contributed by atoms with Crippen LogP contribution in [0.2, 0.25) is 0 Å². The highest BCUT2D eigenvalue weighted by molar-refractivity contribution is 6.01. The molecule has 0 bridgehead atoms. The van der Waals surface area contributed by atoms with Crippen molar-refractivity contribution in [1.29, 1.82) is 0 Å². The second-order valence-corrected chi connectivity index (χ2v) is 4.06. The largest absolute Gasteiger partial charge is 0.303 e. The minimum absolute atomic E-state index is 0.203. The summed E-state index contributed by atoms with van der Waals surface area (Å²) < 4.78 is 0. The number of Topliss-reactive ketones (excluding diaryl/α,β-unsaturated/α-hetero) is 1. The Labute approximate surface area is 96.8 Å². The molecule has 0 aliphatic heterocycles. The predicted molar refractivity (Wildman–Crippen MR) is 66.6 cm³/mol. The van der Waals surface area contributed by atoms with Crippen LogP contribution in [0.4, 0.5) is 0 Å². The summed E-state index contributed by atoms with van der Waals surface area (Å²) in [5.74, 6) is 0.203. The fourth-order valence-electron chi connectivity index (χ4n) is 1.55. The van der Waals surface area contributed by atoms with Crippen molar-refractivity contribution in [2.75, 3.05) is 14.1 Å². The first-order valence-corrected chi connectivity index (χ1v) is 5.35. The van der Waals surface area contributed by atoms with E-state index in [0.717, 1.165) is 11.3 Å². The van der Waals surface area contributed by atoms with Gasteiger partial charge in [0.1, 0.15) is 5.78 Å². The number of rotatable bonds is 5. The van der Waals surface area contributed by atoms with Gasteiger partial charge in [0.25, 0.3) is 0 Å². The minimum Gasteiger partial charge on any atom is -0.303 e. The maximum absolute atomic E-state index is 11.7. The highest BCUT2D eigenvalue weighted by Crippen LogP contribution is 2.02. The van der Waals surface area contributed by atoms with Crippen molar-refractivity contribution in [3.8, 4) is 0 Å². The number of hydrogen-bond donors (Lipinski definition) is 0. The van der Waals surface area contributed by atoms with E-state index in [2.05, 4.69) is 5.10 Å². The van der Waals surface area contributed by atoms with Gasteiger partial charge in [0, 0.05) is 32.6 Å². The number of hydrazone groups is 1. The highest BCUT2D eigenvalue weighted by Gasteiger charge is 2.05. The molecule has 0 unspecified atom stereocenters. The SMILES string of the molecule is C/C(CC(=O)Cc1ccccc1)=N\N(C)C. The van der Waals surface area contributed by atoms with E-state index >= 15 is 0 Å². The van der Waals surface area contributed by atoms with Gasteiger partial charge in [-0.05, 0) is 12.5 Å². The van der Waals surface area contributed by atoms with Crippen molar-refractivity contribution in [2.24, 2.45) is 5.10 Å². The molecule has 3 heteroatoms. The quantitative estimate of drug-likeness (QED) is 0.560. The van der Waals surface area contributed by atoms with E-state index in [1.54, 1.807) is 5.01 Å². The van der Waals surface area contributed by atoms with Crippen LogP contribution in [0.25, 0.3) is 0 Å². The molecule has 3 nitrogen and oxygen atoms in total. The lowest BCUT2D eigenvalue weighted by atomic mass is 10.1. The van der Waals surface area contributed by atoms with Crippen molar-refractivity contribution in [3.63, 3.8) is 0 Å². The summed E-state index contributed by atoms with van der Waals surface area (Å²) in [4.78, 5) is 11.7. The second kappa shape index (κ2) is 6.05. The molecule has 0 amide bonds. The van der Waals surface area contributed by atoms with Crippen LogP contribution >= 0.6 is 0 Å². The standard InChI is InChI=1S/C13H18N2O/c1-11(14-15(2)3)9-13(16)10-12-7-5-4-6-8-12/h4-8H,9-10H2,1-3H3/b14-11+. The number of carbonyl (C=O) groups is 1. The Morgan fingerprint density at radius 2 is 1.88 bits per heavy atom. The molecular formula is C13H18N2O. The Hall–Kier alpha value is -1.64. The van der Waals surface area contributed by atoms with Gasteiger partial charge < -0.3 is 5.01 Å². The van der Waals surface area contributed by atoms with Crippen LogP contribution in [0.15, 0.2) is 35.4 Å². The zero-order valence-corrected chi connectivity index (χ0v) is 10.1. The lowest BCUT2D eigenvalue weighted by Crippen LogP contribution is -2.12. The molecule has 1 aromatic rings. The Kier molecular flexibility index (Phi) is 4.70. The summed E-state index contributed by atoms with van der Waals surface area (Å²) in [6, 6.07) is 9.78. The van der Waals surface area contributed by atoms with E-state index in [1.165, 1.54) is 0 Å². The number of hydrogen-bond acceptors (Lipinski definition) is 3. The zero-order valence-electron chi connectivity index (χ0n) is 10.1. The highest BCUT2D eigenvalue weighted by atomic mass is 16.1. The van der Waals surface area contributed by atoms with E-state index in [9.17, 15) is 4.79 Å². The van der Waals surface area contributed by atoms with E-state index in [0.29, 0.717) is 12.8 Å². The molecule has 0 heterocycles. The van der Waals surface area contributed by atoms with E-state index in [-0.39, 0.29) is 5.78 Å². The molecule has 0 N–H and O–H groups in total. The molecule has 0 saturated heterocycles. The van der Waals surface area contributed by atoms with Crippen LogP contribution in [-0.2, 0) is 11.2 Å². The van der Waals surface area contributed by atoms with Gasteiger partial charge in [-0.2, -0.15) is 5.10 Å². The predicted octanol–water partition coefficient (Wildman–Crippen LogP) is 2.13. The molecule has 16 heavy (non-hydrogen) atoms. The van der Waals surface area contributed by atoms with Gasteiger partial charge in [-0.3, -0.25) is 4.79 Å². The second-order valence-electron chi connectivity index (χ2n) is 4.06. The lowest BCUT2D eigenvalue weighted by molar-refractivity contribution is -0.117. The van der Waals surface area contributed by atoms with Crippen LogP contribution < -0.4 is 0 Å². The molecule has 0 aliphatic carbocycles. The van der Waals surface area contributed by atoms with Crippen LogP contribution in [-0.4, -0.2) is 30.6 Å². The molecule has 0 saturated carbocycles. The minimum atomic E-state index is 0.203. The molecular weight excluding hydrogens is 200 g/mol. The molecule has 86 valence electrons. The summed E-state index contributed by atoms with van der Waals surface area (Å²) in [7, 11) is 3.70. The van der Waals surface area contributed by atoms with E-state index in [4.69, 9.17) is 0 Å². The number of carbonyl (C=O) groups excluding carboxylic acids is 1. The fourth-order valence-corrected chi connectivity index (χ4v) is 1.55. The smallest absolute Gasteiger partial charge is 0.142 e. The molecule has 1 aromatic carbocycles. The first-order chi connectivity index (χ1) is 7.58. The van der Waals surface area contributed by atoms with Gasteiger partial charge >= 0.3 is 0 Å². The van der Waals surface area contributed by atoms with Crippen LogP contribution in [0.5, 0.6) is 0 Å². The molecule has 1 rings (SSSR count). The van der Waals surface area contributed by atoms with Crippen molar-refractivity contribution < 1.29 is 4.79 Å². The summed E-state index contributed by atoms with van der Waals surface area (Å²) in [5, 5.41) is 5.90. The van der Waals surface area contributed by atoms with Gasteiger partial charge in [0.2, 0.25) is 0 Å². The normalized spacial score (nSPS) is 11.3. The Morgan fingerprint density at radius 1 is 1.25 bits per heavy atom. The van der Waals surface area contributed by atoms with Crippen LogP contribution in [0.1, 0.15) is 18.9 Å². The average Bonchev–Trinajstić information content (AvgIpc) is 2.17. The van der Waals surface area contributed by atoms with Crippen molar-refractivity contribution in [1.82, 2.24) is 5.01 Å². The monoisotopic (exact) mass is 218 g/mol. The Morgan fingerprint density at radius 3 is 2.44 bits per heavy atom. The van der Waals surface area contributed by atoms with E-state index < -0.39 is 0 Å². The maximum Gasteiger partial charge on any atom is 0.142 e. The molecule has 0 aliphatic rings. The molecule has 0 radical (unpaired) electrons. The molecule has 0 spiro atoms. The first kappa shape index (κ1) is 12.4.